The Hall–Kier alpha value is -1.11. The average molecular weight is 277 g/mol. The van der Waals surface area contributed by atoms with E-state index in [4.69, 9.17) is 9.31 Å². The summed E-state index contributed by atoms with van der Waals surface area (Å²) >= 11 is 0. The highest BCUT2D eigenvalue weighted by molar-refractivity contribution is 6.61. The zero-order valence-corrected chi connectivity index (χ0v) is 12.3. The van der Waals surface area contributed by atoms with Gasteiger partial charge in [-0.3, -0.25) is 4.98 Å². The van der Waals surface area contributed by atoms with E-state index < -0.39 is 23.9 Å². The second-order valence-electron chi connectivity index (χ2n) is 6.72. The third-order valence-corrected chi connectivity index (χ3v) is 4.55. The average Bonchev–Trinajstić information content (AvgIpc) is 3.02. The predicted octanol–water partition coefficient (Wildman–Crippen LogP) is 1.07. The molecular formula is C14H20BNO4. The van der Waals surface area contributed by atoms with Crippen LogP contribution in [0, 0.1) is 0 Å². The standard InChI is InChI=1S/C14H20BNO4/c1-12(2)13(3,4)20-15(19-12)10-6-5-9(17)11(16-10)14(18)7-8-14/h5-6,17-18H,7-8H2,1-4H3. The van der Waals surface area contributed by atoms with E-state index in [0.717, 1.165) is 0 Å². The number of aromatic hydroxyl groups is 1. The number of pyridine rings is 1. The van der Waals surface area contributed by atoms with Gasteiger partial charge in [0.25, 0.3) is 0 Å². The Bertz CT molecular complexity index is 538. The number of nitrogens with zero attached hydrogens (tertiary/aromatic N) is 1. The van der Waals surface area contributed by atoms with Crippen LogP contribution in [0.4, 0.5) is 0 Å². The number of rotatable bonds is 2. The van der Waals surface area contributed by atoms with Gasteiger partial charge in [0.15, 0.2) is 0 Å². The van der Waals surface area contributed by atoms with E-state index in [-0.39, 0.29) is 5.75 Å². The molecule has 1 aromatic heterocycles. The van der Waals surface area contributed by atoms with Gasteiger partial charge in [-0.1, -0.05) is 0 Å². The van der Waals surface area contributed by atoms with Gasteiger partial charge in [-0.05, 0) is 52.7 Å². The van der Waals surface area contributed by atoms with E-state index >= 15 is 0 Å². The summed E-state index contributed by atoms with van der Waals surface area (Å²) < 4.78 is 11.9. The summed E-state index contributed by atoms with van der Waals surface area (Å²) in [7, 11) is -0.582. The van der Waals surface area contributed by atoms with Crippen molar-refractivity contribution in [1.29, 1.82) is 0 Å². The molecule has 1 saturated heterocycles. The maximum atomic E-state index is 10.1. The van der Waals surface area contributed by atoms with Crippen molar-refractivity contribution >= 4 is 12.7 Å². The summed E-state index contributed by atoms with van der Waals surface area (Å²) in [5, 5.41) is 20.0. The lowest BCUT2D eigenvalue weighted by atomic mass is 9.84. The molecule has 108 valence electrons. The predicted molar refractivity (Wildman–Crippen MR) is 74.7 cm³/mol. The lowest BCUT2D eigenvalue weighted by Crippen LogP contribution is -2.41. The third kappa shape index (κ3) is 2.03. The summed E-state index contributed by atoms with van der Waals surface area (Å²) in [6.07, 6.45) is 1.25. The molecule has 0 amide bonds. The molecule has 6 heteroatoms. The van der Waals surface area contributed by atoms with E-state index in [0.29, 0.717) is 24.1 Å². The van der Waals surface area contributed by atoms with Crippen LogP contribution in [0.5, 0.6) is 5.75 Å². The summed E-state index contributed by atoms with van der Waals surface area (Å²) in [4.78, 5) is 4.37. The first-order chi connectivity index (χ1) is 9.15. The minimum atomic E-state index is -0.982. The van der Waals surface area contributed by atoms with Gasteiger partial charge in [-0.25, -0.2) is 0 Å². The smallest absolute Gasteiger partial charge is 0.506 e. The summed E-state index contributed by atoms with van der Waals surface area (Å²) in [6.45, 7) is 7.90. The Labute approximate surface area is 119 Å². The van der Waals surface area contributed by atoms with E-state index in [1.807, 2.05) is 27.7 Å². The second-order valence-corrected chi connectivity index (χ2v) is 6.72. The van der Waals surface area contributed by atoms with Crippen LogP contribution in [0.1, 0.15) is 46.2 Å². The molecular weight excluding hydrogens is 257 g/mol. The zero-order chi connectivity index (χ0) is 14.8. The van der Waals surface area contributed by atoms with Crippen LogP contribution >= 0.6 is 0 Å². The molecule has 5 nitrogen and oxygen atoms in total. The van der Waals surface area contributed by atoms with Crippen molar-refractivity contribution in [2.75, 3.05) is 0 Å². The molecule has 0 unspecified atom stereocenters. The first-order valence-corrected chi connectivity index (χ1v) is 6.93. The van der Waals surface area contributed by atoms with Crippen LogP contribution in [0.3, 0.4) is 0 Å². The van der Waals surface area contributed by atoms with Crippen LogP contribution in [-0.2, 0) is 14.9 Å². The lowest BCUT2D eigenvalue weighted by Gasteiger charge is -2.32. The minimum Gasteiger partial charge on any atom is -0.506 e. The SMILES string of the molecule is CC1(C)OB(c2ccc(O)c(C3(O)CC3)n2)OC1(C)C. The fourth-order valence-corrected chi connectivity index (χ4v) is 2.26. The molecule has 2 heterocycles. The Morgan fingerprint density at radius 3 is 2.15 bits per heavy atom. The zero-order valence-electron chi connectivity index (χ0n) is 12.3. The quantitative estimate of drug-likeness (QED) is 0.791. The summed E-state index contributed by atoms with van der Waals surface area (Å²) in [5.74, 6) is 0.0188. The number of hydrogen-bond acceptors (Lipinski definition) is 5. The molecule has 1 aromatic rings. The van der Waals surface area contributed by atoms with Gasteiger partial charge in [0.05, 0.1) is 16.8 Å². The number of hydrogen-bond donors (Lipinski definition) is 2. The Morgan fingerprint density at radius 1 is 1.10 bits per heavy atom. The molecule has 1 aliphatic heterocycles. The van der Waals surface area contributed by atoms with Crippen molar-refractivity contribution in [2.24, 2.45) is 0 Å². The summed E-state index contributed by atoms with van der Waals surface area (Å²) in [6, 6.07) is 3.21. The molecule has 3 rings (SSSR count). The molecule has 0 radical (unpaired) electrons. The normalized spacial score (nSPS) is 25.8. The van der Waals surface area contributed by atoms with Crippen LogP contribution in [-0.4, -0.2) is 33.5 Å². The van der Waals surface area contributed by atoms with Crippen molar-refractivity contribution in [3.8, 4) is 5.75 Å². The molecule has 20 heavy (non-hydrogen) atoms. The molecule has 2 aliphatic rings. The molecule has 1 aliphatic carbocycles. The van der Waals surface area contributed by atoms with Crippen LogP contribution in [0.15, 0.2) is 12.1 Å². The molecule has 0 bridgehead atoms. The van der Waals surface area contributed by atoms with Crippen molar-refractivity contribution < 1.29 is 19.5 Å². The maximum absolute atomic E-state index is 10.1. The van der Waals surface area contributed by atoms with Gasteiger partial charge in [-0.15, -0.1) is 0 Å². The van der Waals surface area contributed by atoms with E-state index in [1.165, 1.54) is 0 Å². The van der Waals surface area contributed by atoms with E-state index in [9.17, 15) is 10.2 Å². The van der Waals surface area contributed by atoms with Crippen LogP contribution < -0.4 is 5.59 Å². The summed E-state index contributed by atoms with van der Waals surface area (Å²) in [5.41, 5.74) is -0.952. The highest BCUT2D eigenvalue weighted by atomic mass is 16.7. The van der Waals surface area contributed by atoms with Gasteiger partial charge in [0, 0.05) is 0 Å². The highest BCUT2D eigenvalue weighted by Crippen LogP contribution is 2.47. The molecule has 1 saturated carbocycles. The maximum Gasteiger partial charge on any atom is 0.514 e. The first-order valence-electron chi connectivity index (χ1n) is 6.93. The number of aliphatic hydroxyl groups is 1. The van der Waals surface area contributed by atoms with Crippen molar-refractivity contribution in [3.63, 3.8) is 0 Å². The fraction of sp³-hybridized carbons (Fsp3) is 0.643. The Morgan fingerprint density at radius 2 is 1.65 bits per heavy atom. The van der Waals surface area contributed by atoms with Crippen molar-refractivity contribution in [1.82, 2.24) is 4.98 Å². The lowest BCUT2D eigenvalue weighted by molar-refractivity contribution is 0.00578. The van der Waals surface area contributed by atoms with E-state index in [1.54, 1.807) is 12.1 Å². The van der Waals surface area contributed by atoms with Gasteiger partial charge in [0.1, 0.15) is 17.0 Å². The molecule has 2 fully saturated rings. The van der Waals surface area contributed by atoms with Crippen molar-refractivity contribution in [2.45, 2.75) is 57.3 Å². The first kappa shape index (κ1) is 13.9. The minimum absolute atomic E-state index is 0.0188. The largest absolute Gasteiger partial charge is 0.514 e. The molecule has 0 spiro atoms. The molecule has 0 aromatic carbocycles. The van der Waals surface area contributed by atoms with Crippen LogP contribution in [0.25, 0.3) is 0 Å². The van der Waals surface area contributed by atoms with Crippen LogP contribution in [0.2, 0.25) is 0 Å². The third-order valence-electron chi connectivity index (χ3n) is 4.55. The fourth-order valence-electron chi connectivity index (χ4n) is 2.26. The van der Waals surface area contributed by atoms with Gasteiger partial charge in [0.2, 0.25) is 0 Å². The van der Waals surface area contributed by atoms with Gasteiger partial charge in [-0.2, -0.15) is 0 Å². The van der Waals surface area contributed by atoms with Gasteiger partial charge < -0.3 is 19.5 Å². The van der Waals surface area contributed by atoms with Gasteiger partial charge >= 0.3 is 7.12 Å². The molecule has 2 N–H and O–H groups in total. The Kier molecular flexibility index (Phi) is 2.75. The monoisotopic (exact) mass is 277 g/mol. The molecule has 0 atom stereocenters. The second kappa shape index (κ2) is 3.96. The van der Waals surface area contributed by atoms with E-state index in [2.05, 4.69) is 4.98 Å². The van der Waals surface area contributed by atoms with Crippen molar-refractivity contribution in [3.05, 3.63) is 17.8 Å². The Balaban J connectivity index is 1.93. The topological polar surface area (TPSA) is 71.8 Å². The highest BCUT2D eigenvalue weighted by Gasteiger charge is 2.53. The number of aromatic nitrogens is 1.